The van der Waals surface area contributed by atoms with Crippen LogP contribution in [-0.2, 0) is 0 Å². The van der Waals surface area contributed by atoms with E-state index in [2.05, 4.69) is 34.6 Å². The van der Waals surface area contributed by atoms with Gasteiger partial charge in [0.1, 0.15) is 6.04 Å². The number of carbonyl (C=O) groups is 1. The minimum Gasteiger partial charge on any atom is -0.421 e. The molecule has 3 N–H and O–H groups in total. The molecule has 3 rings (SSSR count). The second-order valence-corrected chi connectivity index (χ2v) is 7.58. The fourth-order valence-corrected chi connectivity index (χ4v) is 2.90. The zero-order chi connectivity index (χ0) is 21.1. The smallest absolute Gasteiger partial charge is 0.251 e. The average molecular weight is 413 g/mol. The molecule has 3 aromatic rings. The van der Waals surface area contributed by atoms with Gasteiger partial charge in [-0.05, 0) is 44.4 Å². The third kappa shape index (κ3) is 7.71. The van der Waals surface area contributed by atoms with E-state index in [0.717, 1.165) is 5.75 Å². The molecule has 7 heteroatoms. The molecule has 2 unspecified atom stereocenters. The first-order chi connectivity index (χ1) is 14.0. The monoisotopic (exact) mass is 412 g/mol. The number of nitrogens with one attached hydrogen (secondary N) is 1. The Kier molecular flexibility index (Phi) is 9.40. The summed E-state index contributed by atoms with van der Waals surface area (Å²) in [6.07, 6.45) is 2.72. The van der Waals surface area contributed by atoms with E-state index >= 15 is 0 Å². The van der Waals surface area contributed by atoms with Crippen LogP contribution in [0.4, 0.5) is 0 Å². The highest BCUT2D eigenvalue weighted by atomic mass is 32.2. The Morgan fingerprint density at radius 2 is 1.66 bits per heavy atom. The summed E-state index contributed by atoms with van der Waals surface area (Å²) >= 11 is 1.69. The molecule has 1 heterocycles. The van der Waals surface area contributed by atoms with Crippen LogP contribution in [0.5, 0.6) is 0 Å². The van der Waals surface area contributed by atoms with Crippen molar-refractivity contribution in [1.29, 1.82) is 0 Å². The molecule has 0 aliphatic heterocycles. The summed E-state index contributed by atoms with van der Waals surface area (Å²) in [7, 11) is 0. The predicted molar refractivity (Wildman–Crippen MR) is 118 cm³/mol. The van der Waals surface area contributed by atoms with Crippen molar-refractivity contribution in [2.45, 2.75) is 32.4 Å². The number of carbonyl (C=O) groups excluding carboxylic acids is 1. The maximum Gasteiger partial charge on any atom is 0.251 e. The summed E-state index contributed by atoms with van der Waals surface area (Å²) in [6.45, 7) is 3.86. The Morgan fingerprint density at radius 3 is 2.14 bits per heavy atom. The molecule has 0 radical (unpaired) electrons. The van der Waals surface area contributed by atoms with Crippen LogP contribution in [0, 0.1) is 6.92 Å². The molecule has 154 valence electrons. The lowest BCUT2D eigenvalue weighted by Gasteiger charge is -2.14. The summed E-state index contributed by atoms with van der Waals surface area (Å²) in [5.74, 6) is 1.48. The Labute approximate surface area is 176 Å². The number of hydrogen-bond acceptors (Lipinski definition) is 6. The molecule has 0 fully saturated rings. The molecule has 6 nitrogen and oxygen atoms in total. The van der Waals surface area contributed by atoms with E-state index in [0.29, 0.717) is 23.8 Å². The number of aromatic nitrogens is 2. The van der Waals surface area contributed by atoms with Crippen LogP contribution in [-0.4, -0.2) is 28.1 Å². The highest BCUT2D eigenvalue weighted by Crippen LogP contribution is 2.20. The van der Waals surface area contributed by atoms with E-state index < -0.39 is 0 Å². The second-order valence-electron chi connectivity index (χ2n) is 6.60. The van der Waals surface area contributed by atoms with Crippen molar-refractivity contribution in [3.8, 4) is 0 Å². The number of rotatable bonds is 7. The second kappa shape index (κ2) is 12.0. The average Bonchev–Trinajstić information content (AvgIpc) is 3.23. The lowest BCUT2D eigenvalue weighted by Crippen LogP contribution is -2.29. The van der Waals surface area contributed by atoms with E-state index in [1.165, 1.54) is 5.56 Å². The van der Waals surface area contributed by atoms with Gasteiger partial charge in [-0.1, -0.05) is 54.1 Å². The fraction of sp³-hybridized carbons (Fsp3) is 0.318. The van der Waals surface area contributed by atoms with Gasteiger partial charge < -0.3 is 15.5 Å². The van der Waals surface area contributed by atoms with Crippen molar-refractivity contribution in [3.05, 3.63) is 83.6 Å². The van der Waals surface area contributed by atoms with Crippen LogP contribution in [0.2, 0.25) is 0 Å². The Balaban J connectivity index is 0.000000360. The normalized spacial score (nSPS) is 12.4. The van der Waals surface area contributed by atoms with Crippen LogP contribution in [0.25, 0.3) is 0 Å². The standard InChI is InChI=1S/C15H20N4O2S.C7H8/c1-10(16)14-18-19-15(21-14)12(8-9-22-2)17-13(20)11-6-4-3-5-7-11;1-7-5-3-2-4-6-7/h3-7,10,12H,8-9,16H2,1-2H3,(H,17,20);2-6H,1H3. The number of nitrogens with zero attached hydrogens (tertiary/aromatic N) is 2. The summed E-state index contributed by atoms with van der Waals surface area (Å²) in [6, 6.07) is 18.7. The van der Waals surface area contributed by atoms with Gasteiger partial charge in [0.25, 0.3) is 5.91 Å². The number of thioether (sulfide) groups is 1. The topological polar surface area (TPSA) is 94.0 Å². The van der Waals surface area contributed by atoms with Crippen molar-refractivity contribution < 1.29 is 9.21 Å². The number of benzene rings is 2. The Hall–Kier alpha value is -2.64. The molecule has 29 heavy (non-hydrogen) atoms. The Bertz CT molecular complexity index is 854. The van der Waals surface area contributed by atoms with Gasteiger partial charge in [0.2, 0.25) is 11.8 Å². The number of amides is 1. The lowest BCUT2D eigenvalue weighted by molar-refractivity contribution is 0.0928. The van der Waals surface area contributed by atoms with Gasteiger partial charge in [-0.3, -0.25) is 4.79 Å². The van der Waals surface area contributed by atoms with Gasteiger partial charge in [0.05, 0.1) is 6.04 Å². The number of nitrogens with two attached hydrogens (primary N) is 1. The third-order valence-electron chi connectivity index (χ3n) is 4.04. The van der Waals surface area contributed by atoms with Gasteiger partial charge in [-0.25, -0.2) is 0 Å². The molecular formula is C22H28N4O2S. The minimum atomic E-state index is -0.327. The van der Waals surface area contributed by atoms with E-state index in [9.17, 15) is 4.79 Å². The highest BCUT2D eigenvalue weighted by molar-refractivity contribution is 7.98. The number of aryl methyl sites for hydroxylation is 1. The molecule has 0 aliphatic carbocycles. The molecule has 0 saturated heterocycles. The minimum absolute atomic E-state index is 0.160. The quantitative estimate of drug-likeness (QED) is 0.601. The summed E-state index contributed by atoms with van der Waals surface area (Å²) in [4.78, 5) is 12.3. The highest BCUT2D eigenvalue weighted by Gasteiger charge is 2.22. The van der Waals surface area contributed by atoms with Gasteiger partial charge in [-0.15, -0.1) is 10.2 Å². The van der Waals surface area contributed by atoms with Crippen molar-refractivity contribution in [2.75, 3.05) is 12.0 Å². The van der Waals surface area contributed by atoms with Gasteiger partial charge in [0, 0.05) is 5.56 Å². The molecule has 2 atom stereocenters. The molecule has 0 spiro atoms. The molecule has 0 aliphatic rings. The maximum atomic E-state index is 12.3. The third-order valence-corrected chi connectivity index (χ3v) is 4.68. The maximum absolute atomic E-state index is 12.3. The van der Waals surface area contributed by atoms with Crippen molar-refractivity contribution in [1.82, 2.24) is 15.5 Å². The molecule has 0 bridgehead atoms. The molecule has 1 aromatic heterocycles. The van der Waals surface area contributed by atoms with E-state index in [-0.39, 0.29) is 18.0 Å². The van der Waals surface area contributed by atoms with Crippen molar-refractivity contribution in [2.24, 2.45) is 5.73 Å². The Morgan fingerprint density at radius 1 is 1.07 bits per heavy atom. The van der Waals surface area contributed by atoms with Gasteiger partial charge in [-0.2, -0.15) is 11.8 Å². The zero-order valence-electron chi connectivity index (χ0n) is 17.0. The van der Waals surface area contributed by atoms with E-state index in [1.54, 1.807) is 30.8 Å². The van der Waals surface area contributed by atoms with Gasteiger partial charge >= 0.3 is 0 Å². The number of hydrogen-bond donors (Lipinski definition) is 2. The summed E-state index contributed by atoms with van der Waals surface area (Å²) in [5.41, 5.74) is 7.65. The van der Waals surface area contributed by atoms with Crippen LogP contribution in [0.3, 0.4) is 0 Å². The SMILES string of the molecule is CSCCC(NC(=O)c1ccccc1)c1nnc(C(C)N)o1.Cc1ccccc1. The molecule has 0 saturated carbocycles. The summed E-state index contributed by atoms with van der Waals surface area (Å²) < 4.78 is 5.57. The van der Waals surface area contributed by atoms with Crippen LogP contribution < -0.4 is 11.1 Å². The summed E-state index contributed by atoms with van der Waals surface area (Å²) in [5, 5.41) is 10.9. The first kappa shape index (κ1) is 22.6. The molecule has 1 amide bonds. The van der Waals surface area contributed by atoms with E-state index in [4.69, 9.17) is 10.2 Å². The fourth-order valence-electron chi connectivity index (χ4n) is 2.43. The van der Waals surface area contributed by atoms with Gasteiger partial charge in [0.15, 0.2) is 0 Å². The predicted octanol–water partition coefficient (Wildman–Crippen LogP) is 4.31. The first-order valence-electron chi connectivity index (χ1n) is 9.46. The first-order valence-corrected chi connectivity index (χ1v) is 10.9. The van der Waals surface area contributed by atoms with Crippen molar-refractivity contribution in [3.63, 3.8) is 0 Å². The largest absolute Gasteiger partial charge is 0.421 e. The van der Waals surface area contributed by atoms with Crippen molar-refractivity contribution >= 4 is 17.7 Å². The van der Waals surface area contributed by atoms with Crippen LogP contribution in [0.1, 0.15) is 53.1 Å². The zero-order valence-corrected chi connectivity index (χ0v) is 17.9. The molecule has 2 aromatic carbocycles. The lowest BCUT2D eigenvalue weighted by atomic mass is 10.1. The molecular weight excluding hydrogens is 384 g/mol. The van der Waals surface area contributed by atoms with Crippen LogP contribution >= 0.6 is 11.8 Å². The van der Waals surface area contributed by atoms with E-state index in [1.807, 2.05) is 42.7 Å². The van der Waals surface area contributed by atoms with Crippen LogP contribution in [0.15, 0.2) is 65.1 Å².